The van der Waals surface area contributed by atoms with Crippen molar-refractivity contribution < 1.29 is 26.7 Å². The maximum atomic E-state index is 13.2. The molecule has 0 heterocycles. The molecule has 0 aromatic rings. The number of hydrogen-bond donors (Lipinski definition) is 2. The van der Waals surface area contributed by atoms with Crippen LogP contribution in [0.15, 0.2) is 0 Å². The van der Waals surface area contributed by atoms with E-state index >= 15 is 0 Å². The Kier molecular flexibility index (Phi) is 5.94. The Bertz CT molecular complexity index is 272. The first-order valence-corrected chi connectivity index (χ1v) is 6.20. The molecule has 1 rings (SSSR count). The Hall–Kier alpha value is -0.470. The van der Waals surface area contributed by atoms with Crippen LogP contribution in [0.2, 0.25) is 0 Å². The van der Waals surface area contributed by atoms with Crippen molar-refractivity contribution in [1.82, 2.24) is 5.43 Å². The lowest BCUT2D eigenvalue weighted by Gasteiger charge is -2.31. The van der Waals surface area contributed by atoms with Crippen LogP contribution in [0, 0.1) is 5.92 Å². The van der Waals surface area contributed by atoms with Crippen LogP contribution in [-0.4, -0.2) is 31.4 Å². The molecule has 1 fully saturated rings. The highest BCUT2D eigenvalue weighted by Gasteiger charge is 2.37. The number of nitrogens with two attached hydrogens (primary N) is 1. The summed E-state index contributed by atoms with van der Waals surface area (Å²) in [6, 6.07) is -0.541. The number of hydrogen-bond acceptors (Lipinski definition) is 3. The molecule has 0 saturated heterocycles. The summed E-state index contributed by atoms with van der Waals surface area (Å²) < 4.78 is 66.5. The topological polar surface area (TPSA) is 47.3 Å². The van der Waals surface area contributed by atoms with Crippen molar-refractivity contribution in [2.75, 3.05) is 13.2 Å². The third-order valence-electron chi connectivity index (χ3n) is 3.18. The van der Waals surface area contributed by atoms with E-state index in [1.54, 1.807) is 0 Å². The van der Waals surface area contributed by atoms with Gasteiger partial charge in [-0.1, -0.05) is 0 Å². The SMILES string of the molecule is NNC(COCC(F)(F)F)CC1CCCC(F)(F)C1. The predicted octanol–water partition coefficient (Wildman–Crippen LogP) is 2.61. The molecule has 3 N–H and O–H groups in total. The highest BCUT2D eigenvalue weighted by atomic mass is 19.4. The number of rotatable bonds is 6. The van der Waals surface area contributed by atoms with Gasteiger partial charge in [-0.2, -0.15) is 13.2 Å². The van der Waals surface area contributed by atoms with Gasteiger partial charge < -0.3 is 4.74 Å². The monoisotopic (exact) mass is 290 g/mol. The summed E-state index contributed by atoms with van der Waals surface area (Å²) in [5.74, 6) is 2.30. The molecule has 114 valence electrons. The third kappa shape index (κ3) is 7.03. The number of halogens is 5. The molecular weight excluding hydrogens is 271 g/mol. The molecule has 0 spiro atoms. The summed E-state index contributed by atoms with van der Waals surface area (Å²) in [4.78, 5) is 0. The van der Waals surface area contributed by atoms with E-state index in [1.165, 1.54) is 0 Å². The molecule has 0 amide bonds. The second-order valence-corrected chi connectivity index (χ2v) is 5.05. The molecule has 1 saturated carbocycles. The van der Waals surface area contributed by atoms with Crippen LogP contribution in [0.25, 0.3) is 0 Å². The Morgan fingerprint density at radius 1 is 1.37 bits per heavy atom. The van der Waals surface area contributed by atoms with E-state index < -0.39 is 24.7 Å². The van der Waals surface area contributed by atoms with Crippen LogP contribution < -0.4 is 11.3 Å². The van der Waals surface area contributed by atoms with Crippen molar-refractivity contribution in [2.45, 2.75) is 50.2 Å². The normalized spacial score (nSPS) is 25.3. The molecule has 1 aliphatic rings. The zero-order chi connectivity index (χ0) is 14.5. The van der Waals surface area contributed by atoms with E-state index in [0.717, 1.165) is 0 Å². The zero-order valence-corrected chi connectivity index (χ0v) is 10.5. The van der Waals surface area contributed by atoms with Crippen LogP contribution in [0.4, 0.5) is 22.0 Å². The minimum atomic E-state index is -4.39. The van der Waals surface area contributed by atoms with Gasteiger partial charge in [0.05, 0.1) is 6.61 Å². The Morgan fingerprint density at radius 2 is 2.05 bits per heavy atom. The van der Waals surface area contributed by atoms with Gasteiger partial charge in [-0.3, -0.25) is 11.3 Å². The van der Waals surface area contributed by atoms with E-state index in [9.17, 15) is 22.0 Å². The summed E-state index contributed by atoms with van der Waals surface area (Å²) in [6.07, 6.45) is -3.37. The van der Waals surface area contributed by atoms with Gasteiger partial charge in [-0.25, -0.2) is 8.78 Å². The fourth-order valence-corrected chi connectivity index (χ4v) is 2.38. The zero-order valence-electron chi connectivity index (χ0n) is 10.5. The minimum Gasteiger partial charge on any atom is -0.370 e. The second-order valence-electron chi connectivity index (χ2n) is 5.05. The first-order chi connectivity index (χ1) is 8.72. The molecule has 2 atom stereocenters. The fraction of sp³-hybridized carbons (Fsp3) is 1.00. The first-order valence-electron chi connectivity index (χ1n) is 6.20. The Balaban J connectivity index is 2.31. The number of ether oxygens (including phenoxy) is 1. The lowest BCUT2D eigenvalue weighted by Crippen LogP contribution is -2.42. The summed E-state index contributed by atoms with van der Waals surface area (Å²) in [7, 11) is 0. The maximum Gasteiger partial charge on any atom is 0.411 e. The molecule has 19 heavy (non-hydrogen) atoms. The summed E-state index contributed by atoms with van der Waals surface area (Å²) >= 11 is 0. The summed E-state index contributed by atoms with van der Waals surface area (Å²) in [5, 5.41) is 0. The predicted molar refractivity (Wildman–Crippen MR) is 59.5 cm³/mol. The highest BCUT2D eigenvalue weighted by Crippen LogP contribution is 2.38. The van der Waals surface area contributed by atoms with Crippen molar-refractivity contribution >= 4 is 0 Å². The summed E-state index contributed by atoms with van der Waals surface area (Å²) in [5.41, 5.74) is 2.33. The number of alkyl halides is 5. The van der Waals surface area contributed by atoms with Gasteiger partial charge in [0.25, 0.3) is 0 Å². The van der Waals surface area contributed by atoms with Crippen molar-refractivity contribution in [3.8, 4) is 0 Å². The molecule has 0 bridgehead atoms. The molecule has 2 unspecified atom stereocenters. The first kappa shape index (κ1) is 16.6. The smallest absolute Gasteiger partial charge is 0.370 e. The van der Waals surface area contributed by atoms with Crippen molar-refractivity contribution in [1.29, 1.82) is 0 Å². The van der Waals surface area contributed by atoms with Crippen LogP contribution in [-0.2, 0) is 4.74 Å². The summed E-state index contributed by atoms with van der Waals surface area (Å²) in [6.45, 7) is -1.59. The maximum absolute atomic E-state index is 13.2. The van der Waals surface area contributed by atoms with E-state index in [4.69, 9.17) is 5.84 Å². The van der Waals surface area contributed by atoms with E-state index in [0.29, 0.717) is 19.3 Å². The standard InChI is InChI=1S/C11H19F5N2O/c12-10(13)3-1-2-8(5-10)4-9(18-17)6-19-7-11(14,15)16/h8-9,18H,1-7,17H2. The van der Waals surface area contributed by atoms with Crippen LogP contribution in [0.5, 0.6) is 0 Å². The van der Waals surface area contributed by atoms with Crippen LogP contribution >= 0.6 is 0 Å². The fourth-order valence-electron chi connectivity index (χ4n) is 2.38. The average Bonchev–Trinajstić information content (AvgIpc) is 2.24. The van der Waals surface area contributed by atoms with Gasteiger partial charge in [-0.05, 0) is 25.2 Å². The van der Waals surface area contributed by atoms with Gasteiger partial charge in [-0.15, -0.1) is 0 Å². The molecule has 0 aromatic heterocycles. The molecular formula is C11H19F5N2O. The quantitative estimate of drug-likeness (QED) is 0.449. The van der Waals surface area contributed by atoms with Crippen molar-refractivity contribution in [3.63, 3.8) is 0 Å². The second kappa shape index (κ2) is 6.81. The number of nitrogens with one attached hydrogen (secondary N) is 1. The highest BCUT2D eigenvalue weighted by molar-refractivity contribution is 4.81. The molecule has 0 aliphatic heterocycles. The van der Waals surface area contributed by atoms with E-state index in [1.807, 2.05) is 0 Å². The van der Waals surface area contributed by atoms with Gasteiger partial charge >= 0.3 is 6.18 Å². The average molecular weight is 290 g/mol. The molecule has 1 aliphatic carbocycles. The third-order valence-corrected chi connectivity index (χ3v) is 3.18. The molecule has 8 heteroatoms. The van der Waals surface area contributed by atoms with E-state index in [-0.39, 0.29) is 25.4 Å². The van der Waals surface area contributed by atoms with Gasteiger partial charge in [0.1, 0.15) is 6.61 Å². The lowest BCUT2D eigenvalue weighted by molar-refractivity contribution is -0.175. The minimum absolute atomic E-state index is 0.116. The Morgan fingerprint density at radius 3 is 2.58 bits per heavy atom. The lowest BCUT2D eigenvalue weighted by atomic mass is 9.83. The van der Waals surface area contributed by atoms with Crippen molar-refractivity contribution in [3.05, 3.63) is 0 Å². The molecule has 0 aromatic carbocycles. The van der Waals surface area contributed by atoms with Gasteiger partial charge in [0.2, 0.25) is 5.92 Å². The van der Waals surface area contributed by atoms with E-state index in [2.05, 4.69) is 10.2 Å². The van der Waals surface area contributed by atoms with Gasteiger partial charge in [0.15, 0.2) is 0 Å². The van der Waals surface area contributed by atoms with Crippen LogP contribution in [0.1, 0.15) is 32.1 Å². The largest absolute Gasteiger partial charge is 0.411 e. The van der Waals surface area contributed by atoms with Crippen molar-refractivity contribution in [2.24, 2.45) is 11.8 Å². The Labute approximate surface area is 108 Å². The molecule has 3 nitrogen and oxygen atoms in total. The number of hydrazine groups is 1. The molecule has 0 radical (unpaired) electrons. The van der Waals surface area contributed by atoms with Gasteiger partial charge in [0, 0.05) is 18.9 Å². The van der Waals surface area contributed by atoms with Crippen LogP contribution in [0.3, 0.4) is 0 Å².